The van der Waals surface area contributed by atoms with E-state index >= 15 is 0 Å². The molecule has 246 valence electrons. The highest BCUT2D eigenvalue weighted by molar-refractivity contribution is 6.45. The summed E-state index contributed by atoms with van der Waals surface area (Å²) in [5, 5.41) is 1.54. The van der Waals surface area contributed by atoms with Crippen LogP contribution in [0.25, 0.3) is 10.9 Å². The van der Waals surface area contributed by atoms with Gasteiger partial charge in [0.15, 0.2) is 0 Å². The molecule has 0 spiro atoms. The van der Waals surface area contributed by atoms with Crippen molar-refractivity contribution in [1.82, 2.24) is 14.8 Å². The Kier molecular flexibility index (Phi) is 10.6. The van der Waals surface area contributed by atoms with Crippen molar-refractivity contribution in [1.29, 1.82) is 0 Å². The van der Waals surface area contributed by atoms with Crippen molar-refractivity contribution in [3.8, 4) is 0 Å². The Balaban J connectivity index is 1.03. The Bertz CT molecular complexity index is 1730. The number of carbonyl (C=O) groups is 3. The second-order valence-electron chi connectivity index (χ2n) is 12.7. The summed E-state index contributed by atoms with van der Waals surface area (Å²) in [5.41, 5.74) is 3.06. The van der Waals surface area contributed by atoms with E-state index in [0.717, 1.165) is 56.2 Å². The summed E-state index contributed by atoms with van der Waals surface area (Å²) in [6.07, 6.45) is 6.49. The Morgan fingerprint density at radius 3 is 2.32 bits per heavy atom. The van der Waals surface area contributed by atoms with Gasteiger partial charge in [0.25, 0.3) is 11.7 Å². The average Bonchev–Trinajstić information content (AvgIpc) is 3.53. The molecule has 3 heterocycles. The van der Waals surface area contributed by atoms with Gasteiger partial charge in [-0.1, -0.05) is 53.5 Å². The predicted molar refractivity (Wildman–Crippen MR) is 185 cm³/mol. The molecule has 0 bridgehead atoms. The number of fused-ring (bicyclic) bond motifs is 1. The molecule has 2 fully saturated rings. The molecule has 47 heavy (non-hydrogen) atoms. The zero-order valence-electron chi connectivity index (χ0n) is 26.3. The van der Waals surface area contributed by atoms with Gasteiger partial charge in [0.05, 0.1) is 15.6 Å². The number of hydrogen-bond acceptors (Lipinski definition) is 4. The van der Waals surface area contributed by atoms with Gasteiger partial charge in [-0.15, -0.1) is 0 Å². The number of amides is 2. The monoisotopic (exact) mass is 676 g/mol. The number of benzene rings is 3. The number of H-pyrrole nitrogens is 1. The van der Waals surface area contributed by atoms with Gasteiger partial charge in [0.1, 0.15) is 5.82 Å². The lowest BCUT2D eigenvalue weighted by atomic mass is 9.90. The summed E-state index contributed by atoms with van der Waals surface area (Å²) in [4.78, 5) is 49.2. The van der Waals surface area contributed by atoms with Crippen LogP contribution in [0.3, 0.4) is 0 Å². The molecular weight excluding hydrogens is 638 g/mol. The number of carbonyl (C=O) groups excluding carboxylic acids is 3. The highest BCUT2D eigenvalue weighted by atomic mass is 35.5. The lowest BCUT2D eigenvalue weighted by molar-refractivity contribution is -0.131. The summed E-state index contributed by atoms with van der Waals surface area (Å²) in [5.74, 6) is -0.976. The molecule has 0 aliphatic carbocycles. The van der Waals surface area contributed by atoms with Crippen molar-refractivity contribution in [2.45, 2.75) is 38.5 Å². The van der Waals surface area contributed by atoms with Crippen LogP contribution in [0, 0.1) is 17.7 Å². The smallest absolute Gasteiger partial charge is 0.295 e. The van der Waals surface area contributed by atoms with E-state index in [1.165, 1.54) is 17.7 Å². The number of ketones is 1. The third-order valence-corrected chi connectivity index (χ3v) is 10.4. The third-order valence-electron chi connectivity index (χ3n) is 9.64. The Morgan fingerprint density at radius 2 is 1.60 bits per heavy atom. The van der Waals surface area contributed by atoms with Crippen LogP contribution in [0.15, 0.2) is 72.9 Å². The van der Waals surface area contributed by atoms with Crippen LogP contribution in [-0.4, -0.2) is 71.6 Å². The number of para-hydroxylation sites is 1. The summed E-state index contributed by atoms with van der Waals surface area (Å²) < 4.78 is 13.3. The van der Waals surface area contributed by atoms with Gasteiger partial charge in [-0.3, -0.25) is 14.4 Å². The summed E-state index contributed by atoms with van der Waals surface area (Å²) in [6, 6.07) is 19.5. The second-order valence-corrected chi connectivity index (χ2v) is 13.5. The molecule has 7 nitrogen and oxygen atoms in total. The maximum Gasteiger partial charge on any atom is 0.295 e. The van der Waals surface area contributed by atoms with Crippen molar-refractivity contribution in [3.63, 3.8) is 0 Å². The van der Waals surface area contributed by atoms with E-state index in [9.17, 15) is 18.8 Å². The molecule has 1 aromatic heterocycles. The largest absolute Gasteiger partial charge is 0.360 e. The molecule has 6 rings (SSSR count). The number of nitrogens with one attached hydrogen (secondary N) is 1. The molecule has 1 N–H and O–H groups in total. The van der Waals surface area contributed by atoms with Crippen molar-refractivity contribution < 1.29 is 18.8 Å². The van der Waals surface area contributed by atoms with E-state index in [1.807, 2.05) is 47.4 Å². The number of nitrogens with zero attached hydrogens (tertiary/aromatic N) is 3. The average molecular weight is 678 g/mol. The molecule has 3 aromatic carbocycles. The van der Waals surface area contributed by atoms with Gasteiger partial charge >= 0.3 is 0 Å². The van der Waals surface area contributed by atoms with E-state index in [1.54, 1.807) is 23.2 Å². The first-order chi connectivity index (χ1) is 22.8. The van der Waals surface area contributed by atoms with Crippen LogP contribution in [0.2, 0.25) is 10.0 Å². The van der Waals surface area contributed by atoms with Crippen LogP contribution in [-0.2, 0) is 16.0 Å². The van der Waals surface area contributed by atoms with Gasteiger partial charge in [-0.05, 0) is 106 Å². The van der Waals surface area contributed by atoms with Gasteiger partial charge in [-0.2, -0.15) is 0 Å². The first kappa shape index (κ1) is 33.2. The molecule has 2 aliphatic heterocycles. The molecule has 0 atom stereocenters. The molecule has 0 radical (unpaired) electrons. The van der Waals surface area contributed by atoms with Crippen LogP contribution in [0.1, 0.15) is 48.0 Å². The lowest BCUT2D eigenvalue weighted by Crippen LogP contribution is -2.47. The minimum absolute atomic E-state index is 0.00329. The number of hydrogen-bond donors (Lipinski definition) is 1. The minimum atomic E-state index is -0.538. The third kappa shape index (κ3) is 7.88. The minimum Gasteiger partial charge on any atom is -0.360 e. The fourth-order valence-corrected chi connectivity index (χ4v) is 7.20. The molecule has 0 unspecified atom stereocenters. The molecule has 4 aromatic rings. The number of anilines is 1. The molecule has 2 amide bonds. The molecule has 2 saturated heterocycles. The summed E-state index contributed by atoms with van der Waals surface area (Å²) >= 11 is 12.6. The maximum atomic E-state index is 14.0. The zero-order valence-corrected chi connectivity index (χ0v) is 27.8. The normalized spacial score (nSPS) is 16.4. The number of likely N-dealkylation sites (tertiary alicyclic amines) is 2. The van der Waals surface area contributed by atoms with Crippen molar-refractivity contribution in [3.05, 3.63) is 99.9 Å². The predicted octanol–water partition coefficient (Wildman–Crippen LogP) is 7.41. The van der Waals surface area contributed by atoms with E-state index in [0.29, 0.717) is 59.7 Å². The quantitative estimate of drug-likeness (QED) is 0.140. The Labute approximate surface area is 284 Å². The fourth-order valence-electron chi connectivity index (χ4n) is 6.91. The topological polar surface area (TPSA) is 76.7 Å². The number of aromatic amines is 1. The molecular formula is C37H39Cl2FN4O3. The number of halogens is 3. The number of Topliss-reactive ketones (excluding diaryl/α,β-unsaturated/α-hetero) is 1. The first-order valence-corrected chi connectivity index (χ1v) is 17.2. The van der Waals surface area contributed by atoms with Crippen LogP contribution < -0.4 is 4.90 Å². The first-order valence-electron chi connectivity index (χ1n) is 16.4. The second kappa shape index (κ2) is 15.0. The molecule has 10 heteroatoms. The van der Waals surface area contributed by atoms with E-state index in [-0.39, 0.29) is 17.6 Å². The van der Waals surface area contributed by atoms with E-state index < -0.39 is 11.7 Å². The summed E-state index contributed by atoms with van der Waals surface area (Å²) in [6.45, 7) is 4.07. The van der Waals surface area contributed by atoms with Crippen molar-refractivity contribution in [2.24, 2.45) is 11.8 Å². The fraction of sp³-hybridized carbons (Fsp3) is 0.378. The number of aromatic nitrogens is 1. The SMILES string of the molecule is O=C(C(=O)N1CCC(C(=O)N(CCCN2CCC(Cc3ccc(F)cc3)CC2)c2ccc(Cl)c(Cl)c2)CC1)c1c[nH]c2ccccc12. The Morgan fingerprint density at radius 1 is 0.872 bits per heavy atom. The van der Waals surface area contributed by atoms with E-state index in [2.05, 4.69) is 9.88 Å². The zero-order chi connectivity index (χ0) is 32.9. The Hall–Kier alpha value is -3.72. The summed E-state index contributed by atoms with van der Waals surface area (Å²) in [7, 11) is 0. The molecule has 2 aliphatic rings. The highest BCUT2D eigenvalue weighted by Crippen LogP contribution is 2.31. The van der Waals surface area contributed by atoms with Gasteiger partial charge in [0.2, 0.25) is 5.91 Å². The van der Waals surface area contributed by atoms with Crippen LogP contribution in [0.5, 0.6) is 0 Å². The van der Waals surface area contributed by atoms with E-state index in [4.69, 9.17) is 23.2 Å². The van der Waals surface area contributed by atoms with Crippen molar-refractivity contribution in [2.75, 3.05) is 44.2 Å². The number of rotatable bonds is 10. The standard InChI is InChI=1S/C37H39Cl2FN4O3/c38-32-11-10-29(23-33(32)39)44(17-3-16-42-18-12-26(13-19-42)22-25-6-8-28(40)9-7-25)36(46)27-14-20-43(21-15-27)37(47)35(45)31-24-41-34-5-2-1-4-30(31)34/h1-2,4-11,23-24,26-27,41H,3,12-22H2. The van der Waals surface area contributed by atoms with Gasteiger partial charge in [-0.25, -0.2) is 4.39 Å². The van der Waals surface area contributed by atoms with Crippen LogP contribution in [0.4, 0.5) is 10.1 Å². The van der Waals surface area contributed by atoms with Crippen LogP contribution >= 0.6 is 23.2 Å². The number of piperidine rings is 2. The highest BCUT2D eigenvalue weighted by Gasteiger charge is 2.34. The maximum absolute atomic E-state index is 14.0. The lowest BCUT2D eigenvalue weighted by Gasteiger charge is -2.35. The van der Waals surface area contributed by atoms with Gasteiger partial charge in [0, 0.05) is 48.3 Å². The molecule has 0 saturated carbocycles. The van der Waals surface area contributed by atoms with Gasteiger partial charge < -0.3 is 19.7 Å². The van der Waals surface area contributed by atoms with Crippen molar-refractivity contribution >= 4 is 57.4 Å².